The Morgan fingerprint density at radius 1 is 1.22 bits per heavy atom. The number of para-hydroxylation sites is 1. The van der Waals surface area contributed by atoms with E-state index in [1.807, 2.05) is 38.1 Å². The number of rotatable bonds is 6. The molecular formula is C18H25NO4. The lowest BCUT2D eigenvalue weighted by molar-refractivity contribution is -0.144. The quantitative estimate of drug-likeness (QED) is 0.844. The van der Waals surface area contributed by atoms with Crippen LogP contribution in [-0.4, -0.2) is 23.6 Å². The number of carboxylic acids is 1. The lowest BCUT2D eigenvalue weighted by Crippen LogP contribution is -2.35. The van der Waals surface area contributed by atoms with E-state index in [9.17, 15) is 9.59 Å². The van der Waals surface area contributed by atoms with E-state index < -0.39 is 5.97 Å². The van der Waals surface area contributed by atoms with Crippen LogP contribution in [-0.2, 0) is 9.59 Å². The van der Waals surface area contributed by atoms with Crippen molar-refractivity contribution < 1.29 is 19.4 Å². The number of aliphatic carboxylic acids is 1. The summed E-state index contributed by atoms with van der Waals surface area (Å²) in [5.74, 6) is -0.338. The van der Waals surface area contributed by atoms with Crippen molar-refractivity contribution in [2.45, 2.75) is 45.6 Å². The van der Waals surface area contributed by atoms with E-state index in [-0.39, 0.29) is 23.8 Å². The van der Waals surface area contributed by atoms with Crippen LogP contribution in [0.25, 0.3) is 0 Å². The molecule has 0 spiro atoms. The molecule has 0 saturated heterocycles. The molecule has 0 radical (unpaired) electrons. The molecule has 0 heterocycles. The Morgan fingerprint density at radius 2 is 1.83 bits per heavy atom. The van der Waals surface area contributed by atoms with Crippen molar-refractivity contribution in [1.29, 1.82) is 0 Å². The van der Waals surface area contributed by atoms with Gasteiger partial charge in [0, 0.05) is 11.5 Å². The predicted octanol–water partition coefficient (Wildman–Crippen LogP) is 3.15. The third kappa shape index (κ3) is 4.47. The van der Waals surface area contributed by atoms with Gasteiger partial charge in [0.15, 0.2) is 0 Å². The summed E-state index contributed by atoms with van der Waals surface area (Å²) in [5, 5.41) is 12.1. The molecule has 2 rings (SSSR count). The Labute approximate surface area is 137 Å². The van der Waals surface area contributed by atoms with Crippen molar-refractivity contribution in [3.63, 3.8) is 0 Å². The molecule has 0 bridgehead atoms. The van der Waals surface area contributed by atoms with Gasteiger partial charge in [-0.3, -0.25) is 9.59 Å². The zero-order chi connectivity index (χ0) is 16.8. The van der Waals surface area contributed by atoms with Crippen LogP contribution in [0.1, 0.15) is 51.1 Å². The number of hydrogen-bond acceptors (Lipinski definition) is 3. The maximum absolute atomic E-state index is 12.4. The number of ether oxygens (including phenoxy) is 1. The number of nitrogens with one attached hydrogen (secondary N) is 1. The Morgan fingerprint density at radius 3 is 2.43 bits per heavy atom. The van der Waals surface area contributed by atoms with Gasteiger partial charge in [-0.2, -0.15) is 0 Å². The van der Waals surface area contributed by atoms with E-state index in [2.05, 4.69) is 5.32 Å². The van der Waals surface area contributed by atoms with Crippen LogP contribution in [0.15, 0.2) is 24.3 Å². The zero-order valence-corrected chi connectivity index (χ0v) is 13.7. The Balaban J connectivity index is 1.94. The maximum atomic E-state index is 12.4. The molecule has 0 aromatic heterocycles. The molecule has 1 aromatic rings. The first kappa shape index (κ1) is 17.3. The van der Waals surface area contributed by atoms with Gasteiger partial charge in [-0.25, -0.2) is 0 Å². The molecule has 5 nitrogen and oxygen atoms in total. The summed E-state index contributed by atoms with van der Waals surface area (Å²) in [5.41, 5.74) is 0.960. The van der Waals surface area contributed by atoms with Crippen LogP contribution in [0.2, 0.25) is 0 Å². The highest BCUT2D eigenvalue weighted by Gasteiger charge is 2.30. The molecule has 5 heteroatoms. The van der Waals surface area contributed by atoms with Crippen molar-refractivity contribution in [3.05, 3.63) is 29.8 Å². The highest BCUT2D eigenvalue weighted by Crippen LogP contribution is 2.30. The van der Waals surface area contributed by atoms with E-state index in [0.29, 0.717) is 32.3 Å². The van der Waals surface area contributed by atoms with E-state index in [1.54, 1.807) is 0 Å². The molecule has 1 aliphatic carbocycles. The molecule has 1 saturated carbocycles. The minimum atomic E-state index is -0.747. The summed E-state index contributed by atoms with van der Waals surface area (Å²) in [6.45, 7) is 4.45. The molecule has 1 fully saturated rings. The fourth-order valence-corrected chi connectivity index (χ4v) is 3.14. The number of carbonyl (C=O) groups is 2. The zero-order valence-electron chi connectivity index (χ0n) is 13.7. The number of benzene rings is 1. The van der Waals surface area contributed by atoms with Crippen LogP contribution >= 0.6 is 0 Å². The predicted molar refractivity (Wildman–Crippen MR) is 87.3 cm³/mol. The average molecular weight is 319 g/mol. The molecular weight excluding hydrogens is 294 g/mol. The molecule has 2 N–H and O–H groups in total. The van der Waals surface area contributed by atoms with Crippen LogP contribution in [0.4, 0.5) is 0 Å². The molecule has 0 aliphatic heterocycles. The minimum Gasteiger partial charge on any atom is -0.494 e. The average Bonchev–Trinajstić information content (AvgIpc) is 2.55. The van der Waals surface area contributed by atoms with E-state index >= 15 is 0 Å². The summed E-state index contributed by atoms with van der Waals surface area (Å²) < 4.78 is 5.61. The highest BCUT2D eigenvalue weighted by atomic mass is 16.5. The lowest BCUT2D eigenvalue weighted by Gasteiger charge is -2.27. The summed E-state index contributed by atoms with van der Waals surface area (Å²) in [7, 11) is 0. The van der Waals surface area contributed by atoms with Crippen molar-refractivity contribution in [3.8, 4) is 5.75 Å². The Bertz CT molecular complexity index is 550. The SMILES string of the molecule is CCOc1ccccc1C(C)NC(=O)C1CCC(C(=O)O)CC1. The maximum Gasteiger partial charge on any atom is 0.306 e. The summed E-state index contributed by atoms with van der Waals surface area (Å²) in [6.07, 6.45) is 2.44. The van der Waals surface area contributed by atoms with Gasteiger partial charge < -0.3 is 15.2 Å². The monoisotopic (exact) mass is 319 g/mol. The van der Waals surface area contributed by atoms with Gasteiger partial charge in [0.05, 0.1) is 18.6 Å². The molecule has 1 unspecified atom stereocenters. The fourth-order valence-electron chi connectivity index (χ4n) is 3.14. The van der Waals surface area contributed by atoms with E-state index in [0.717, 1.165) is 11.3 Å². The van der Waals surface area contributed by atoms with Crippen LogP contribution < -0.4 is 10.1 Å². The van der Waals surface area contributed by atoms with Gasteiger partial charge in [0.2, 0.25) is 5.91 Å². The number of carboxylic acid groups (broad SMARTS) is 1. The van der Waals surface area contributed by atoms with Gasteiger partial charge in [-0.15, -0.1) is 0 Å². The first-order valence-electron chi connectivity index (χ1n) is 8.27. The fraction of sp³-hybridized carbons (Fsp3) is 0.556. The van der Waals surface area contributed by atoms with Crippen molar-refractivity contribution in [2.75, 3.05) is 6.61 Å². The largest absolute Gasteiger partial charge is 0.494 e. The minimum absolute atomic E-state index is 0.00707. The number of carbonyl (C=O) groups excluding carboxylic acids is 1. The van der Waals surface area contributed by atoms with E-state index in [1.165, 1.54) is 0 Å². The molecule has 23 heavy (non-hydrogen) atoms. The molecule has 1 aliphatic rings. The Hall–Kier alpha value is -2.04. The van der Waals surface area contributed by atoms with Crippen molar-refractivity contribution in [2.24, 2.45) is 11.8 Å². The van der Waals surface area contributed by atoms with Crippen molar-refractivity contribution >= 4 is 11.9 Å². The standard InChI is InChI=1S/C18H25NO4/c1-3-23-16-7-5-4-6-15(16)12(2)19-17(20)13-8-10-14(11-9-13)18(21)22/h4-7,12-14H,3,8-11H2,1-2H3,(H,19,20)(H,21,22). The summed E-state index contributed by atoms with van der Waals surface area (Å²) in [6, 6.07) is 7.56. The number of amides is 1. The Kier molecular flexibility index (Phi) is 6.02. The second-order valence-electron chi connectivity index (χ2n) is 6.09. The van der Waals surface area contributed by atoms with E-state index in [4.69, 9.17) is 9.84 Å². The third-order valence-corrected chi connectivity index (χ3v) is 4.49. The van der Waals surface area contributed by atoms with Gasteiger partial charge in [-0.05, 0) is 45.6 Å². The second kappa shape index (κ2) is 7.99. The smallest absolute Gasteiger partial charge is 0.306 e. The van der Waals surface area contributed by atoms with Crippen LogP contribution in [0.3, 0.4) is 0 Å². The molecule has 1 aromatic carbocycles. The van der Waals surface area contributed by atoms with Gasteiger partial charge in [0.1, 0.15) is 5.75 Å². The number of hydrogen-bond donors (Lipinski definition) is 2. The molecule has 1 amide bonds. The summed E-state index contributed by atoms with van der Waals surface area (Å²) in [4.78, 5) is 23.4. The summed E-state index contributed by atoms with van der Waals surface area (Å²) >= 11 is 0. The highest BCUT2D eigenvalue weighted by molar-refractivity contribution is 5.79. The van der Waals surface area contributed by atoms with Crippen LogP contribution in [0, 0.1) is 11.8 Å². The normalized spacial score (nSPS) is 22.2. The van der Waals surface area contributed by atoms with Gasteiger partial charge in [0.25, 0.3) is 0 Å². The topological polar surface area (TPSA) is 75.6 Å². The molecule has 126 valence electrons. The van der Waals surface area contributed by atoms with Gasteiger partial charge >= 0.3 is 5.97 Å². The lowest BCUT2D eigenvalue weighted by atomic mass is 9.81. The third-order valence-electron chi connectivity index (χ3n) is 4.49. The second-order valence-corrected chi connectivity index (χ2v) is 6.09. The molecule has 1 atom stereocenters. The van der Waals surface area contributed by atoms with Gasteiger partial charge in [-0.1, -0.05) is 18.2 Å². The first-order valence-corrected chi connectivity index (χ1v) is 8.27. The van der Waals surface area contributed by atoms with Crippen molar-refractivity contribution in [1.82, 2.24) is 5.32 Å². The van der Waals surface area contributed by atoms with Crippen LogP contribution in [0.5, 0.6) is 5.75 Å². The first-order chi connectivity index (χ1) is 11.0.